The fourth-order valence-corrected chi connectivity index (χ4v) is 3.02. The Hall–Kier alpha value is -1.59. The van der Waals surface area contributed by atoms with Crippen LogP contribution in [0.15, 0.2) is 57.5 Å². The van der Waals surface area contributed by atoms with E-state index in [-0.39, 0.29) is 5.91 Å². The Bertz CT molecular complexity index is 716. The Morgan fingerprint density at radius 3 is 2.82 bits per heavy atom. The third kappa shape index (κ3) is 4.45. The molecule has 1 aromatic carbocycles. The van der Waals surface area contributed by atoms with Crippen molar-refractivity contribution in [1.82, 2.24) is 10.3 Å². The molecule has 0 atom stereocenters. The number of halogens is 1. The van der Waals surface area contributed by atoms with Gasteiger partial charge in [0.1, 0.15) is 5.03 Å². The molecule has 0 radical (unpaired) electrons. The second-order valence-corrected chi connectivity index (χ2v) is 7.08. The number of carbonyl (C=O) groups is 1. The molecule has 22 heavy (non-hydrogen) atoms. The Morgan fingerprint density at radius 1 is 1.36 bits per heavy atom. The van der Waals surface area contributed by atoms with Crippen LogP contribution < -0.4 is 5.32 Å². The van der Waals surface area contributed by atoms with Crippen LogP contribution in [-0.4, -0.2) is 17.4 Å². The van der Waals surface area contributed by atoms with Gasteiger partial charge in [-0.2, -0.15) is 0 Å². The smallest absolute Gasteiger partial charge is 0.254 e. The quantitative estimate of drug-likeness (QED) is 0.835. The predicted molar refractivity (Wildman–Crippen MR) is 94.7 cm³/mol. The molecule has 0 fully saturated rings. The molecule has 0 saturated carbocycles. The summed E-state index contributed by atoms with van der Waals surface area (Å²) in [4.78, 5) is 17.7. The van der Waals surface area contributed by atoms with Crippen LogP contribution in [0.1, 0.15) is 21.5 Å². The first-order chi connectivity index (χ1) is 10.5. The molecule has 5 heteroatoms. The lowest BCUT2D eigenvalue weighted by Crippen LogP contribution is -2.25. The average Bonchev–Trinajstić information content (AvgIpc) is 2.48. The topological polar surface area (TPSA) is 42.0 Å². The van der Waals surface area contributed by atoms with Crippen LogP contribution in [-0.2, 0) is 0 Å². The predicted octanol–water partition coefficient (Wildman–Crippen LogP) is 4.49. The number of hydrogen-bond donors (Lipinski definition) is 1. The van der Waals surface area contributed by atoms with E-state index in [0.29, 0.717) is 17.1 Å². The summed E-state index contributed by atoms with van der Waals surface area (Å²) >= 11 is 4.74. The van der Waals surface area contributed by atoms with Gasteiger partial charge in [0.25, 0.3) is 5.91 Å². The van der Waals surface area contributed by atoms with Crippen molar-refractivity contribution in [3.63, 3.8) is 0 Å². The molecule has 1 amide bonds. The Kier molecular flexibility index (Phi) is 5.80. The number of carbonyl (C=O) groups excluding carboxylic acids is 1. The lowest BCUT2D eigenvalue weighted by atomic mass is 10.2. The maximum Gasteiger partial charge on any atom is 0.254 e. The summed E-state index contributed by atoms with van der Waals surface area (Å²) in [5.74, 6) is -0.152. The zero-order valence-corrected chi connectivity index (χ0v) is 14.9. The standard InChI is InChI=1S/C17H17BrN2OS/c1-11-6-7-15(12(2)9-11)22-17-14(5-4-8-19-17)16(21)20-10-13(3)18/h4-9H,3,10H2,1-2H3,(H,20,21). The lowest BCUT2D eigenvalue weighted by Gasteiger charge is -2.10. The summed E-state index contributed by atoms with van der Waals surface area (Å²) < 4.78 is 0.730. The van der Waals surface area contributed by atoms with E-state index in [1.165, 1.54) is 22.9 Å². The van der Waals surface area contributed by atoms with Gasteiger partial charge in [-0.25, -0.2) is 4.98 Å². The Morgan fingerprint density at radius 2 is 2.14 bits per heavy atom. The minimum absolute atomic E-state index is 0.152. The van der Waals surface area contributed by atoms with Crippen molar-refractivity contribution in [2.24, 2.45) is 0 Å². The zero-order chi connectivity index (χ0) is 16.1. The highest BCUT2D eigenvalue weighted by Crippen LogP contribution is 2.31. The molecule has 2 rings (SSSR count). The Balaban J connectivity index is 2.24. The van der Waals surface area contributed by atoms with Gasteiger partial charge in [0.2, 0.25) is 0 Å². The summed E-state index contributed by atoms with van der Waals surface area (Å²) in [6, 6.07) is 9.80. The van der Waals surface area contributed by atoms with Crippen molar-refractivity contribution < 1.29 is 4.79 Å². The van der Waals surface area contributed by atoms with E-state index in [0.717, 1.165) is 9.38 Å². The second-order valence-electron chi connectivity index (χ2n) is 4.93. The molecule has 1 N–H and O–H groups in total. The fourth-order valence-electron chi connectivity index (χ4n) is 1.93. The van der Waals surface area contributed by atoms with Crippen LogP contribution in [0, 0.1) is 13.8 Å². The molecule has 0 aliphatic heterocycles. The van der Waals surface area contributed by atoms with Crippen LogP contribution in [0.4, 0.5) is 0 Å². The lowest BCUT2D eigenvalue weighted by molar-refractivity contribution is 0.0954. The number of aryl methyl sites for hydroxylation is 2. The molecule has 0 spiro atoms. The number of pyridine rings is 1. The van der Waals surface area contributed by atoms with Crippen LogP contribution in [0.5, 0.6) is 0 Å². The summed E-state index contributed by atoms with van der Waals surface area (Å²) in [7, 11) is 0. The maximum absolute atomic E-state index is 12.3. The molecule has 0 aliphatic rings. The SMILES string of the molecule is C=C(Br)CNC(=O)c1cccnc1Sc1ccc(C)cc1C. The molecule has 1 heterocycles. The highest BCUT2D eigenvalue weighted by molar-refractivity contribution is 9.11. The third-order valence-electron chi connectivity index (χ3n) is 2.99. The van der Waals surface area contributed by atoms with E-state index >= 15 is 0 Å². The fraction of sp³-hybridized carbons (Fsp3) is 0.176. The first kappa shape index (κ1) is 16.8. The van der Waals surface area contributed by atoms with Gasteiger partial charge in [0, 0.05) is 22.1 Å². The van der Waals surface area contributed by atoms with Gasteiger partial charge in [-0.15, -0.1) is 0 Å². The largest absolute Gasteiger partial charge is 0.347 e. The van der Waals surface area contributed by atoms with Crippen LogP contribution in [0.25, 0.3) is 0 Å². The van der Waals surface area contributed by atoms with Crippen molar-refractivity contribution in [2.75, 3.05) is 6.54 Å². The van der Waals surface area contributed by atoms with E-state index < -0.39 is 0 Å². The summed E-state index contributed by atoms with van der Waals surface area (Å²) in [6.45, 7) is 8.23. The van der Waals surface area contributed by atoms with Gasteiger partial charge >= 0.3 is 0 Å². The molecular weight excluding hydrogens is 360 g/mol. The van der Waals surface area contributed by atoms with Gasteiger partial charge in [-0.1, -0.05) is 52.0 Å². The molecular formula is C17H17BrN2OS. The van der Waals surface area contributed by atoms with Crippen LogP contribution in [0.2, 0.25) is 0 Å². The summed E-state index contributed by atoms with van der Waals surface area (Å²) in [5.41, 5.74) is 2.97. The highest BCUT2D eigenvalue weighted by Gasteiger charge is 2.14. The zero-order valence-electron chi connectivity index (χ0n) is 12.5. The number of amides is 1. The van der Waals surface area contributed by atoms with E-state index in [9.17, 15) is 4.79 Å². The summed E-state index contributed by atoms with van der Waals surface area (Å²) in [5, 5.41) is 3.51. The molecule has 114 valence electrons. The van der Waals surface area contributed by atoms with Crippen molar-refractivity contribution in [1.29, 1.82) is 0 Å². The normalized spacial score (nSPS) is 10.3. The maximum atomic E-state index is 12.3. The molecule has 0 bridgehead atoms. The minimum atomic E-state index is -0.152. The monoisotopic (exact) mass is 376 g/mol. The third-order valence-corrected chi connectivity index (χ3v) is 4.47. The number of rotatable bonds is 5. The van der Waals surface area contributed by atoms with Gasteiger partial charge in [-0.05, 0) is 37.6 Å². The average molecular weight is 377 g/mol. The molecule has 0 aliphatic carbocycles. The number of hydrogen-bond acceptors (Lipinski definition) is 3. The van der Waals surface area contributed by atoms with Gasteiger partial charge in [0.05, 0.1) is 5.56 Å². The van der Waals surface area contributed by atoms with Gasteiger partial charge in [-0.3, -0.25) is 4.79 Å². The second kappa shape index (κ2) is 7.61. The Labute approximate surface area is 143 Å². The first-order valence-electron chi connectivity index (χ1n) is 6.79. The number of aromatic nitrogens is 1. The van der Waals surface area contributed by atoms with Crippen LogP contribution >= 0.6 is 27.7 Å². The van der Waals surface area contributed by atoms with E-state index in [1.807, 2.05) is 0 Å². The van der Waals surface area contributed by atoms with Crippen molar-refractivity contribution in [2.45, 2.75) is 23.8 Å². The minimum Gasteiger partial charge on any atom is -0.347 e. The molecule has 3 nitrogen and oxygen atoms in total. The van der Waals surface area contributed by atoms with Gasteiger partial charge < -0.3 is 5.32 Å². The highest BCUT2D eigenvalue weighted by atomic mass is 79.9. The molecule has 1 aromatic heterocycles. The first-order valence-corrected chi connectivity index (χ1v) is 8.40. The van der Waals surface area contributed by atoms with E-state index in [4.69, 9.17) is 0 Å². The number of nitrogens with one attached hydrogen (secondary N) is 1. The summed E-state index contributed by atoms with van der Waals surface area (Å²) in [6.07, 6.45) is 1.70. The number of benzene rings is 1. The van der Waals surface area contributed by atoms with Crippen molar-refractivity contribution in [3.8, 4) is 0 Å². The van der Waals surface area contributed by atoms with Gasteiger partial charge in [0.15, 0.2) is 0 Å². The van der Waals surface area contributed by atoms with Crippen LogP contribution in [0.3, 0.4) is 0 Å². The molecule has 0 unspecified atom stereocenters. The van der Waals surface area contributed by atoms with E-state index in [1.54, 1.807) is 18.3 Å². The van der Waals surface area contributed by atoms with Crippen molar-refractivity contribution in [3.05, 3.63) is 64.3 Å². The van der Waals surface area contributed by atoms with Crippen molar-refractivity contribution >= 4 is 33.6 Å². The molecule has 2 aromatic rings. The number of nitrogens with zero attached hydrogens (tertiary/aromatic N) is 1. The van der Waals surface area contributed by atoms with E-state index in [2.05, 4.69) is 64.9 Å². The molecule has 0 saturated heterocycles.